The van der Waals surface area contributed by atoms with Crippen LogP contribution in [-0.4, -0.2) is 24.2 Å². The molecule has 0 atom stereocenters. The van der Waals surface area contributed by atoms with Crippen LogP contribution in [0.5, 0.6) is 5.75 Å². The number of hydrogen-bond acceptors (Lipinski definition) is 4. The topological polar surface area (TPSA) is 84.5 Å². The lowest BCUT2D eigenvalue weighted by Gasteiger charge is -2.10. The average molecular weight is 403 g/mol. The summed E-state index contributed by atoms with van der Waals surface area (Å²) in [5.74, 6) is -0.567. The Hall–Kier alpha value is -2.86. The SMILES string of the molecule is Cc1ccc(C)c(C(=O)CCC(=O)NNC(=O)COc2ccc(Cl)c(C)c2)c1. The molecule has 2 aromatic carbocycles. The lowest BCUT2D eigenvalue weighted by Crippen LogP contribution is -2.43. The quantitative estimate of drug-likeness (QED) is 0.548. The first-order valence-electron chi connectivity index (χ1n) is 8.83. The molecule has 0 aliphatic carbocycles. The summed E-state index contributed by atoms with van der Waals surface area (Å²) in [5.41, 5.74) is 7.85. The van der Waals surface area contributed by atoms with Gasteiger partial charge in [0.25, 0.3) is 5.91 Å². The van der Waals surface area contributed by atoms with Gasteiger partial charge in [-0.1, -0.05) is 29.3 Å². The molecule has 6 nitrogen and oxygen atoms in total. The van der Waals surface area contributed by atoms with Crippen molar-refractivity contribution in [2.75, 3.05) is 6.61 Å². The molecular formula is C21H23ClN2O4. The predicted octanol–water partition coefficient (Wildman–Crippen LogP) is 3.45. The third-order valence-corrected chi connectivity index (χ3v) is 4.54. The Labute approximate surface area is 169 Å². The van der Waals surface area contributed by atoms with Crippen LogP contribution in [0.2, 0.25) is 5.02 Å². The maximum absolute atomic E-state index is 12.3. The Balaban J connectivity index is 1.72. The van der Waals surface area contributed by atoms with E-state index in [9.17, 15) is 14.4 Å². The van der Waals surface area contributed by atoms with E-state index >= 15 is 0 Å². The Morgan fingerprint density at radius 2 is 1.61 bits per heavy atom. The number of halogens is 1. The van der Waals surface area contributed by atoms with Crippen LogP contribution in [0.1, 0.15) is 39.9 Å². The lowest BCUT2D eigenvalue weighted by atomic mass is 9.99. The van der Waals surface area contributed by atoms with Gasteiger partial charge in [-0.25, -0.2) is 0 Å². The van der Waals surface area contributed by atoms with Crippen LogP contribution < -0.4 is 15.6 Å². The van der Waals surface area contributed by atoms with Gasteiger partial charge in [0.05, 0.1) is 0 Å². The molecular weight excluding hydrogens is 380 g/mol. The van der Waals surface area contributed by atoms with Gasteiger partial charge in [-0.15, -0.1) is 0 Å². The number of ether oxygens (including phenoxy) is 1. The molecule has 0 unspecified atom stereocenters. The van der Waals surface area contributed by atoms with E-state index in [0.29, 0.717) is 16.3 Å². The fourth-order valence-corrected chi connectivity index (χ4v) is 2.61. The zero-order valence-corrected chi connectivity index (χ0v) is 16.9. The predicted molar refractivity (Wildman–Crippen MR) is 107 cm³/mol. The van der Waals surface area contributed by atoms with Gasteiger partial charge in [0.2, 0.25) is 5.91 Å². The Morgan fingerprint density at radius 3 is 2.32 bits per heavy atom. The Morgan fingerprint density at radius 1 is 0.893 bits per heavy atom. The van der Waals surface area contributed by atoms with E-state index in [4.69, 9.17) is 16.3 Å². The Bertz CT molecular complexity index is 896. The zero-order chi connectivity index (χ0) is 20.7. The summed E-state index contributed by atoms with van der Waals surface area (Å²) < 4.78 is 5.34. The second-order valence-corrected chi connectivity index (χ2v) is 6.94. The maximum Gasteiger partial charge on any atom is 0.276 e. The third kappa shape index (κ3) is 6.39. The van der Waals surface area contributed by atoms with Crippen LogP contribution in [0.4, 0.5) is 0 Å². The fraction of sp³-hybridized carbons (Fsp3) is 0.286. The number of carbonyl (C=O) groups excluding carboxylic acids is 3. The minimum absolute atomic E-state index is 0.0241. The molecule has 0 fully saturated rings. The van der Waals surface area contributed by atoms with Crippen LogP contribution in [-0.2, 0) is 9.59 Å². The summed E-state index contributed by atoms with van der Waals surface area (Å²) in [7, 11) is 0. The summed E-state index contributed by atoms with van der Waals surface area (Å²) in [5, 5.41) is 0.611. The van der Waals surface area contributed by atoms with Gasteiger partial charge in [-0.2, -0.15) is 0 Å². The second kappa shape index (κ2) is 9.90. The van der Waals surface area contributed by atoms with Gasteiger partial charge in [-0.05, 0) is 56.2 Å². The van der Waals surface area contributed by atoms with Gasteiger partial charge in [-0.3, -0.25) is 25.2 Å². The smallest absolute Gasteiger partial charge is 0.276 e. The molecule has 0 bridgehead atoms. The first-order valence-corrected chi connectivity index (χ1v) is 9.21. The molecule has 0 aliphatic heterocycles. The molecule has 28 heavy (non-hydrogen) atoms. The molecule has 2 aromatic rings. The van der Waals surface area contributed by atoms with Crippen LogP contribution in [0.25, 0.3) is 0 Å². The molecule has 2 amide bonds. The summed E-state index contributed by atoms with van der Waals surface area (Å²) in [6, 6.07) is 10.7. The van der Waals surface area contributed by atoms with Crippen molar-refractivity contribution < 1.29 is 19.1 Å². The molecule has 0 saturated carbocycles. The van der Waals surface area contributed by atoms with Crippen molar-refractivity contribution in [2.45, 2.75) is 33.6 Å². The van der Waals surface area contributed by atoms with Crippen molar-refractivity contribution in [3.8, 4) is 5.75 Å². The number of amides is 2. The van der Waals surface area contributed by atoms with Gasteiger partial charge in [0, 0.05) is 23.4 Å². The van der Waals surface area contributed by atoms with E-state index in [1.54, 1.807) is 18.2 Å². The number of hydrazine groups is 1. The van der Waals surface area contributed by atoms with Crippen LogP contribution in [0.15, 0.2) is 36.4 Å². The number of carbonyl (C=O) groups is 3. The van der Waals surface area contributed by atoms with E-state index in [1.165, 1.54) is 0 Å². The molecule has 2 rings (SSSR count). The van der Waals surface area contributed by atoms with Crippen molar-refractivity contribution in [1.82, 2.24) is 10.9 Å². The summed E-state index contributed by atoms with van der Waals surface area (Å²) >= 11 is 5.93. The number of hydrogen-bond donors (Lipinski definition) is 2. The van der Waals surface area contributed by atoms with Gasteiger partial charge < -0.3 is 4.74 Å². The van der Waals surface area contributed by atoms with Gasteiger partial charge >= 0.3 is 0 Å². The average Bonchev–Trinajstić information content (AvgIpc) is 2.67. The molecule has 0 aromatic heterocycles. The molecule has 0 aliphatic rings. The van der Waals surface area contributed by atoms with E-state index in [-0.39, 0.29) is 25.2 Å². The highest BCUT2D eigenvalue weighted by molar-refractivity contribution is 6.31. The Kier molecular flexibility index (Phi) is 7.58. The summed E-state index contributed by atoms with van der Waals surface area (Å²) in [6.45, 7) is 5.33. The summed E-state index contributed by atoms with van der Waals surface area (Å²) in [6.07, 6.45) is 0.0380. The second-order valence-electron chi connectivity index (χ2n) is 6.54. The van der Waals surface area contributed by atoms with Gasteiger partial charge in [0.1, 0.15) is 5.75 Å². The van der Waals surface area contributed by atoms with Crippen molar-refractivity contribution in [3.05, 3.63) is 63.7 Å². The maximum atomic E-state index is 12.3. The van der Waals surface area contributed by atoms with Crippen LogP contribution in [0, 0.1) is 20.8 Å². The zero-order valence-electron chi connectivity index (χ0n) is 16.1. The molecule has 0 radical (unpaired) electrons. The number of ketones is 1. The monoisotopic (exact) mass is 402 g/mol. The highest BCUT2D eigenvalue weighted by atomic mass is 35.5. The number of Topliss-reactive ketones (excluding diaryl/α,β-unsaturated/α-hetero) is 1. The lowest BCUT2D eigenvalue weighted by molar-refractivity contribution is -0.130. The number of nitrogens with one attached hydrogen (secondary N) is 2. The number of benzene rings is 2. The third-order valence-electron chi connectivity index (χ3n) is 4.11. The van der Waals surface area contributed by atoms with Gasteiger partial charge in [0.15, 0.2) is 12.4 Å². The van der Waals surface area contributed by atoms with Crippen molar-refractivity contribution in [3.63, 3.8) is 0 Å². The van der Waals surface area contributed by atoms with E-state index < -0.39 is 11.8 Å². The molecule has 148 valence electrons. The highest BCUT2D eigenvalue weighted by Gasteiger charge is 2.12. The number of aryl methyl sites for hydroxylation is 3. The van der Waals surface area contributed by atoms with E-state index in [1.807, 2.05) is 39.0 Å². The largest absolute Gasteiger partial charge is 0.484 e. The van der Waals surface area contributed by atoms with E-state index in [0.717, 1.165) is 16.7 Å². The minimum atomic E-state index is -0.512. The van der Waals surface area contributed by atoms with Crippen LogP contribution >= 0.6 is 11.6 Å². The minimum Gasteiger partial charge on any atom is -0.484 e. The number of rotatable bonds is 7. The fourth-order valence-electron chi connectivity index (χ4n) is 2.49. The standard InChI is InChI=1S/C21H23ClN2O4/c1-13-4-5-14(2)17(10-13)19(25)8-9-20(26)23-24-21(27)12-28-16-6-7-18(22)15(3)11-16/h4-7,10-11H,8-9,12H2,1-3H3,(H,23,26)(H,24,27). The first kappa shape index (κ1) is 21.4. The summed E-state index contributed by atoms with van der Waals surface area (Å²) in [4.78, 5) is 35.9. The van der Waals surface area contributed by atoms with E-state index in [2.05, 4.69) is 10.9 Å². The van der Waals surface area contributed by atoms with Crippen molar-refractivity contribution >= 4 is 29.2 Å². The molecule has 0 saturated heterocycles. The molecule has 0 heterocycles. The molecule has 0 spiro atoms. The molecule has 7 heteroatoms. The first-order chi connectivity index (χ1) is 13.3. The van der Waals surface area contributed by atoms with Crippen LogP contribution in [0.3, 0.4) is 0 Å². The van der Waals surface area contributed by atoms with Crippen molar-refractivity contribution in [1.29, 1.82) is 0 Å². The highest BCUT2D eigenvalue weighted by Crippen LogP contribution is 2.20. The normalized spacial score (nSPS) is 10.3. The molecule has 2 N–H and O–H groups in total. The van der Waals surface area contributed by atoms with Crippen molar-refractivity contribution in [2.24, 2.45) is 0 Å².